The van der Waals surface area contributed by atoms with Crippen LogP contribution in [0, 0.1) is 0 Å². The van der Waals surface area contributed by atoms with E-state index in [-0.39, 0.29) is 6.09 Å². The summed E-state index contributed by atoms with van der Waals surface area (Å²) < 4.78 is 6.35. The van der Waals surface area contributed by atoms with Crippen LogP contribution in [0.5, 0.6) is 0 Å². The van der Waals surface area contributed by atoms with E-state index < -0.39 is 0 Å². The van der Waals surface area contributed by atoms with Gasteiger partial charge < -0.3 is 9.64 Å². The number of ether oxygens (including phenoxy) is 1. The van der Waals surface area contributed by atoms with Crippen molar-refractivity contribution in [3.63, 3.8) is 0 Å². The van der Waals surface area contributed by atoms with Crippen molar-refractivity contribution in [3.8, 4) is 0 Å². The maximum Gasteiger partial charge on any atom is 0.410 e. The standard InChI is InChI=1S/C16H20BrNO2/c1-2-3-11-20-16(19)18-10-6-7-13(12-18)14-8-4-5-9-15(14)17/h4-5,7-9H,2-3,6,10-12H2,1H3. The van der Waals surface area contributed by atoms with Crippen LogP contribution in [-0.2, 0) is 4.74 Å². The molecule has 0 fully saturated rings. The van der Waals surface area contributed by atoms with Crippen molar-refractivity contribution in [1.82, 2.24) is 4.90 Å². The molecule has 3 nitrogen and oxygen atoms in total. The normalized spacial score (nSPS) is 14.9. The lowest BCUT2D eigenvalue weighted by atomic mass is 10.0. The highest BCUT2D eigenvalue weighted by molar-refractivity contribution is 9.10. The number of nitrogens with zero attached hydrogens (tertiary/aromatic N) is 1. The zero-order chi connectivity index (χ0) is 14.4. The van der Waals surface area contributed by atoms with Crippen LogP contribution in [0.3, 0.4) is 0 Å². The van der Waals surface area contributed by atoms with Gasteiger partial charge in [0.1, 0.15) is 0 Å². The van der Waals surface area contributed by atoms with E-state index in [1.54, 1.807) is 4.90 Å². The fourth-order valence-corrected chi connectivity index (χ4v) is 2.75. The molecule has 1 amide bonds. The molecule has 1 aliphatic heterocycles. The van der Waals surface area contributed by atoms with Crippen molar-refractivity contribution in [2.75, 3.05) is 19.7 Å². The number of benzene rings is 1. The van der Waals surface area contributed by atoms with Crippen molar-refractivity contribution >= 4 is 27.6 Å². The number of carbonyl (C=O) groups excluding carboxylic acids is 1. The second-order valence-electron chi connectivity index (χ2n) is 4.89. The van der Waals surface area contributed by atoms with Gasteiger partial charge in [0, 0.05) is 17.6 Å². The van der Waals surface area contributed by atoms with Crippen molar-refractivity contribution < 1.29 is 9.53 Å². The topological polar surface area (TPSA) is 29.5 Å². The minimum Gasteiger partial charge on any atom is -0.449 e. The van der Waals surface area contributed by atoms with E-state index in [0.717, 1.165) is 35.8 Å². The number of carbonyl (C=O) groups is 1. The van der Waals surface area contributed by atoms with Crippen LogP contribution in [0.25, 0.3) is 5.57 Å². The molecule has 0 spiro atoms. The van der Waals surface area contributed by atoms with Gasteiger partial charge in [-0.15, -0.1) is 0 Å². The molecule has 1 aromatic carbocycles. The van der Waals surface area contributed by atoms with E-state index in [4.69, 9.17) is 4.74 Å². The third-order valence-corrected chi connectivity index (χ3v) is 4.04. The molecule has 0 saturated carbocycles. The first-order chi connectivity index (χ1) is 9.72. The minimum atomic E-state index is -0.198. The van der Waals surface area contributed by atoms with Crippen LogP contribution < -0.4 is 0 Å². The van der Waals surface area contributed by atoms with Gasteiger partial charge in [-0.1, -0.05) is 53.5 Å². The number of hydrogen-bond donors (Lipinski definition) is 0. The second-order valence-corrected chi connectivity index (χ2v) is 5.74. The second kappa shape index (κ2) is 7.48. The van der Waals surface area contributed by atoms with Gasteiger partial charge in [0.15, 0.2) is 0 Å². The van der Waals surface area contributed by atoms with Crippen molar-refractivity contribution in [2.24, 2.45) is 0 Å². The van der Waals surface area contributed by atoms with E-state index in [0.29, 0.717) is 13.2 Å². The molecule has 1 heterocycles. The Hall–Kier alpha value is -1.29. The average molecular weight is 338 g/mol. The van der Waals surface area contributed by atoms with Crippen LogP contribution in [0.15, 0.2) is 34.8 Å². The highest BCUT2D eigenvalue weighted by atomic mass is 79.9. The van der Waals surface area contributed by atoms with Crippen molar-refractivity contribution in [1.29, 1.82) is 0 Å². The summed E-state index contributed by atoms with van der Waals surface area (Å²) in [4.78, 5) is 13.8. The van der Waals surface area contributed by atoms with Gasteiger partial charge in [-0.25, -0.2) is 4.79 Å². The summed E-state index contributed by atoms with van der Waals surface area (Å²) in [7, 11) is 0. The summed E-state index contributed by atoms with van der Waals surface area (Å²) in [6.45, 7) is 3.95. The van der Waals surface area contributed by atoms with E-state index >= 15 is 0 Å². The molecular weight excluding hydrogens is 318 g/mol. The predicted molar refractivity (Wildman–Crippen MR) is 84.6 cm³/mol. The SMILES string of the molecule is CCCCOC(=O)N1CCC=C(c2ccccc2Br)C1. The van der Waals surface area contributed by atoms with Crippen LogP contribution in [0.4, 0.5) is 4.79 Å². The van der Waals surface area contributed by atoms with E-state index in [1.807, 2.05) is 18.2 Å². The van der Waals surface area contributed by atoms with E-state index in [2.05, 4.69) is 35.0 Å². The van der Waals surface area contributed by atoms with Gasteiger partial charge >= 0.3 is 6.09 Å². The highest BCUT2D eigenvalue weighted by Gasteiger charge is 2.20. The summed E-state index contributed by atoms with van der Waals surface area (Å²) in [6, 6.07) is 8.10. The molecule has 0 aromatic heterocycles. The summed E-state index contributed by atoms with van der Waals surface area (Å²) in [5, 5.41) is 0. The zero-order valence-corrected chi connectivity index (χ0v) is 13.4. The summed E-state index contributed by atoms with van der Waals surface area (Å²) >= 11 is 3.56. The molecule has 0 unspecified atom stereocenters. The number of unbranched alkanes of at least 4 members (excludes halogenated alkanes) is 1. The third kappa shape index (κ3) is 3.85. The molecule has 2 rings (SSSR count). The first-order valence-corrected chi connectivity index (χ1v) is 7.87. The van der Waals surface area contributed by atoms with E-state index in [1.165, 1.54) is 5.57 Å². The Labute approximate surface area is 128 Å². The zero-order valence-electron chi connectivity index (χ0n) is 11.8. The van der Waals surface area contributed by atoms with Crippen LogP contribution in [0.1, 0.15) is 31.7 Å². The lowest BCUT2D eigenvalue weighted by Crippen LogP contribution is -2.36. The van der Waals surface area contributed by atoms with Gasteiger partial charge in [-0.3, -0.25) is 0 Å². The smallest absolute Gasteiger partial charge is 0.410 e. The number of amides is 1. The fourth-order valence-electron chi connectivity index (χ4n) is 2.21. The Morgan fingerprint density at radius 3 is 2.95 bits per heavy atom. The quantitative estimate of drug-likeness (QED) is 0.758. The fraction of sp³-hybridized carbons (Fsp3) is 0.438. The molecule has 20 heavy (non-hydrogen) atoms. The Balaban J connectivity index is 2.00. The minimum absolute atomic E-state index is 0.198. The first-order valence-electron chi connectivity index (χ1n) is 7.08. The summed E-state index contributed by atoms with van der Waals surface area (Å²) in [6.07, 6.45) is 4.84. The molecule has 0 atom stereocenters. The van der Waals surface area contributed by atoms with Crippen molar-refractivity contribution in [2.45, 2.75) is 26.2 Å². The number of halogens is 1. The predicted octanol–water partition coefficient (Wildman–Crippen LogP) is 4.47. The molecule has 0 saturated heterocycles. The summed E-state index contributed by atoms with van der Waals surface area (Å²) in [5.74, 6) is 0. The van der Waals surface area contributed by atoms with Gasteiger partial charge in [0.25, 0.3) is 0 Å². The van der Waals surface area contributed by atoms with Crippen LogP contribution in [-0.4, -0.2) is 30.7 Å². The van der Waals surface area contributed by atoms with Gasteiger partial charge in [-0.2, -0.15) is 0 Å². The lowest BCUT2D eigenvalue weighted by molar-refractivity contribution is 0.105. The number of hydrogen-bond acceptors (Lipinski definition) is 2. The Kier molecular flexibility index (Phi) is 5.65. The molecular formula is C16H20BrNO2. The highest BCUT2D eigenvalue weighted by Crippen LogP contribution is 2.27. The van der Waals surface area contributed by atoms with E-state index in [9.17, 15) is 4.79 Å². The molecule has 1 aromatic rings. The third-order valence-electron chi connectivity index (χ3n) is 3.35. The van der Waals surface area contributed by atoms with Crippen molar-refractivity contribution in [3.05, 3.63) is 40.4 Å². The Morgan fingerprint density at radius 2 is 2.20 bits per heavy atom. The average Bonchev–Trinajstić information content (AvgIpc) is 2.48. The molecule has 0 radical (unpaired) electrons. The molecule has 0 N–H and O–H groups in total. The number of rotatable bonds is 4. The monoisotopic (exact) mass is 337 g/mol. The maximum atomic E-state index is 12.0. The molecule has 0 bridgehead atoms. The Morgan fingerprint density at radius 1 is 1.40 bits per heavy atom. The van der Waals surface area contributed by atoms with Gasteiger partial charge in [0.05, 0.1) is 6.61 Å². The van der Waals surface area contributed by atoms with Crippen LogP contribution >= 0.6 is 15.9 Å². The molecule has 1 aliphatic rings. The lowest BCUT2D eigenvalue weighted by Gasteiger charge is -2.27. The molecule has 4 heteroatoms. The van der Waals surface area contributed by atoms with Gasteiger partial charge in [0.2, 0.25) is 0 Å². The van der Waals surface area contributed by atoms with Crippen LogP contribution in [0.2, 0.25) is 0 Å². The largest absolute Gasteiger partial charge is 0.449 e. The maximum absolute atomic E-state index is 12.0. The first kappa shape index (κ1) is 15.1. The molecule has 108 valence electrons. The summed E-state index contributed by atoms with van der Waals surface area (Å²) in [5.41, 5.74) is 2.33. The Bertz CT molecular complexity index is 499. The van der Waals surface area contributed by atoms with Gasteiger partial charge in [-0.05, 0) is 30.0 Å². The molecule has 0 aliphatic carbocycles.